The molecule has 3 aromatic carbocycles. The number of fused-ring (bicyclic) bond motifs is 2. The number of hydrogen-bond acceptors (Lipinski definition) is 6. The largest absolute Gasteiger partial charge is 0.454 e. The second kappa shape index (κ2) is 9.58. The molecule has 3 aliphatic rings. The normalized spacial score (nSPS) is 25.4. The highest BCUT2D eigenvalue weighted by atomic mass is 79.9. The zero-order valence-corrected chi connectivity index (χ0v) is 25.1. The number of nitrogens with zero attached hydrogens (tertiary/aromatic N) is 2. The molecule has 0 radical (unpaired) electrons. The standard InChI is InChI=1S/C30H31BrN2O6S/c1-17-6-5-7-21(28(17)40(35,36)37)27-25-24(26(32(4)30(25,2)3)19-9-11-20(31)12-10-19)29(34)33(27)15-18-8-13-22-23(14-18)39-16-38-22/h5-14,24-27H,15-16H2,1-4H3,(H,35,36,37). The van der Waals surface area contributed by atoms with E-state index < -0.39 is 27.6 Å². The number of rotatable bonds is 5. The van der Waals surface area contributed by atoms with Gasteiger partial charge in [-0.15, -0.1) is 0 Å². The van der Waals surface area contributed by atoms with Gasteiger partial charge in [-0.3, -0.25) is 14.2 Å². The van der Waals surface area contributed by atoms with Crippen LogP contribution in [-0.4, -0.2) is 48.1 Å². The third-order valence-corrected chi connectivity index (χ3v) is 10.5. The number of halogens is 1. The van der Waals surface area contributed by atoms with E-state index in [9.17, 15) is 17.8 Å². The minimum Gasteiger partial charge on any atom is -0.454 e. The highest BCUT2D eigenvalue weighted by molar-refractivity contribution is 9.10. The Morgan fingerprint density at radius 1 is 1.02 bits per heavy atom. The van der Waals surface area contributed by atoms with Crippen LogP contribution in [0.4, 0.5) is 0 Å². The minimum atomic E-state index is -4.57. The van der Waals surface area contributed by atoms with Gasteiger partial charge in [-0.2, -0.15) is 8.42 Å². The maximum atomic E-state index is 14.6. The van der Waals surface area contributed by atoms with E-state index in [1.165, 1.54) is 0 Å². The summed E-state index contributed by atoms with van der Waals surface area (Å²) in [4.78, 5) is 18.5. The lowest BCUT2D eigenvalue weighted by atomic mass is 9.76. The molecule has 3 heterocycles. The monoisotopic (exact) mass is 626 g/mol. The van der Waals surface area contributed by atoms with E-state index >= 15 is 0 Å². The van der Waals surface area contributed by atoms with Gasteiger partial charge >= 0.3 is 0 Å². The Hall–Kier alpha value is -2.92. The maximum absolute atomic E-state index is 14.6. The molecule has 0 bridgehead atoms. The Morgan fingerprint density at radius 3 is 2.42 bits per heavy atom. The molecule has 1 amide bonds. The Kier molecular flexibility index (Phi) is 6.53. The van der Waals surface area contributed by atoms with Crippen molar-refractivity contribution in [2.45, 2.75) is 49.8 Å². The molecule has 40 heavy (non-hydrogen) atoms. The fraction of sp³-hybridized carbons (Fsp3) is 0.367. The highest BCUT2D eigenvalue weighted by Crippen LogP contribution is 2.61. The summed E-state index contributed by atoms with van der Waals surface area (Å²) < 4.78 is 47.9. The number of hydrogen-bond donors (Lipinski definition) is 1. The van der Waals surface area contributed by atoms with E-state index in [0.717, 1.165) is 15.6 Å². The van der Waals surface area contributed by atoms with Crippen molar-refractivity contribution in [3.63, 3.8) is 0 Å². The van der Waals surface area contributed by atoms with Gasteiger partial charge < -0.3 is 14.4 Å². The minimum absolute atomic E-state index is 0.0548. The van der Waals surface area contributed by atoms with E-state index in [4.69, 9.17) is 9.47 Å². The van der Waals surface area contributed by atoms with Gasteiger partial charge in [0.05, 0.1) is 12.0 Å². The van der Waals surface area contributed by atoms with Crippen molar-refractivity contribution < 1.29 is 27.2 Å². The first-order valence-corrected chi connectivity index (χ1v) is 15.4. The van der Waals surface area contributed by atoms with Gasteiger partial charge in [-0.05, 0) is 74.3 Å². The molecule has 10 heteroatoms. The summed E-state index contributed by atoms with van der Waals surface area (Å²) in [7, 11) is -2.54. The van der Waals surface area contributed by atoms with Crippen LogP contribution in [0.15, 0.2) is 70.0 Å². The number of carbonyl (C=O) groups is 1. The molecule has 4 atom stereocenters. The average molecular weight is 628 g/mol. The third kappa shape index (κ3) is 4.24. The van der Waals surface area contributed by atoms with Gasteiger partial charge in [-0.1, -0.05) is 52.3 Å². The van der Waals surface area contributed by atoms with E-state index in [1.807, 2.05) is 49.5 Å². The van der Waals surface area contributed by atoms with Crippen molar-refractivity contribution in [1.29, 1.82) is 0 Å². The molecule has 1 N–H and O–H groups in total. The van der Waals surface area contributed by atoms with Crippen LogP contribution in [0.5, 0.6) is 11.5 Å². The molecule has 3 aromatic rings. The summed E-state index contributed by atoms with van der Waals surface area (Å²) in [6.45, 7) is 6.27. The summed E-state index contributed by atoms with van der Waals surface area (Å²) in [6.07, 6.45) is 0. The molecule has 3 aliphatic heterocycles. The maximum Gasteiger partial charge on any atom is 0.295 e. The van der Waals surface area contributed by atoms with Crippen LogP contribution in [0.3, 0.4) is 0 Å². The van der Waals surface area contributed by atoms with Crippen molar-refractivity contribution in [3.05, 3.63) is 87.4 Å². The number of ether oxygens (including phenoxy) is 2. The second-order valence-electron chi connectivity index (χ2n) is 11.4. The zero-order chi connectivity index (χ0) is 28.6. The molecule has 2 saturated heterocycles. The smallest absolute Gasteiger partial charge is 0.295 e. The molecule has 0 saturated carbocycles. The Balaban J connectivity index is 1.53. The van der Waals surface area contributed by atoms with Crippen LogP contribution in [0.2, 0.25) is 0 Å². The number of likely N-dealkylation sites (tertiary alicyclic amines) is 2. The van der Waals surface area contributed by atoms with Gasteiger partial charge in [0.25, 0.3) is 10.1 Å². The van der Waals surface area contributed by atoms with Gasteiger partial charge in [0.2, 0.25) is 12.7 Å². The van der Waals surface area contributed by atoms with Crippen LogP contribution in [0.25, 0.3) is 0 Å². The number of amides is 1. The van der Waals surface area contributed by atoms with Crippen LogP contribution >= 0.6 is 15.9 Å². The molecule has 8 nitrogen and oxygen atoms in total. The van der Waals surface area contributed by atoms with E-state index in [1.54, 1.807) is 30.0 Å². The van der Waals surface area contributed by atoms with Crippen molar-refractivity contribution in [2.75, 3.05) is 13.8 Å². The topological polar surface area (TPSA) is 96.4 Å². The van der Waals surface area contributed by atoms with Crippen LogP contribution in [-0.2, 0) is 21.5 Å². The molecule has 0 aliphatic carbocycles. The Morgan fingerprint density at radius 2 is 1.73 bits per heavy atom. The van der Waals surface area contributed by atoms with E-state index in [0.29, 0.717) is 22.6 Å². The van der Waals surface area contributed by atoms with E-state index in [-0.39, 0.29) is 36.1 Å². The summed E-state index contributed by atoms with van der Waals surface area (Å²) in [5, 5.41) is 0. The van der Waals surface area contributed by atoms with Crippen molar-refractivity contribution in [1.82, 2.24) is 9.80 Å². The molecular formula is C30H31BrN2O6S. The quantitative estimate of drug-likeness (QED) is 0.373. The Bertz CT molecular complexity index is 1610. The molecule has 210 valence electrons. The van der Waals surface area contributed by atoms with E-state index in [2.05, 4.69) is 34.7 Å². The number of benzene rings is 3. The van der Waals surface area contributed by atoms with Gasteiger partial charge in [0, 0.05) is 28.5 Å². The fourth-order valence-corrected chi connectivity index (χ4v) is 8.21. The van der Waals surface area contributed by atoms with Crippen molar-refractivity contribution in [3.8, 4) is 11.5 Å². The lowest BCUT2D eigenvalue weighted by Crippen LogP contribution is -2.45. The molecule has 6 rings (SSSR count). The van der Waals surface area contributed by atoms with Crippen LogP contribution in [0, 0.1) is 18.8 Å². The van der Waals surface area contributed by atoms with Gasteiger partial charge in [0.1, 0.15) is 4.90 Å². The molecule has 4 unspecified atom stereocenters. The fourth-order valence-electron chi connectivity index (χ4n) is 6.99. The average Bonchev–Trinajstić information content (AvgIpc) is 3.52. The first-order valence-electron chi connectivity index (χ1n) is 13.1. The number of aryl methyl sites for hydroxylation is 1. The summed E-state index contributed by atoms with van der Waals surface area (Å²) in [6, 6.07) is 18.0. The lowest BCUT2D eigenvalue weighted by Gasteiger charge is -2.41. The summed E-state index contributed by atoms with van der Waals surface area (Å²) in [5.74, 6) is 0.504. The van der Waals surface area contributed by atoms with Crippen molar-refractivity contribution >= 4 is 32.0 Å². The molecule has 0 spiro atoms. The highest BCUT2D eigenvalue weighted by Gasteiger charge is 2.64. The second-order valence-corrected chi connectivity index (χ2v) is 13.7. The molecule has 2 fully saturated rings. The SMILES string of the molecule is Cc1cccc(C2C3C(C(=O)N2Cc2ccc4c(c2)OCO4)C(c2ccc(Br)cc2)N(C)C3(C)C)c1S(=O)(=O)O. The molecule has 0 aromatic heterocycles. The summed E-state index contributed by atoms with van der Waals surface area (Å²) in [5.41, 5.74) is 2.24. The predicted molar refractivity (Wildman–Crippen MR) is 153 cm³/mol. The van der Waals surface area contributed by atoms with Crippen molar-refractivity contribution in [2.24, 2.45) is 11.8 Å². The Labute approximate surface area is 242 Å². The zero-order valence-electron chi connectivity index (χ0n) is 22.7. The first-order chi connectivity index (χ1) is 18.9. The molecular weight excluding hydrogens is 596 g/mol. The van der Waals surface area contributed by atoms with Gasteiger partial charge in [-0.25, -0.2) is 0 Å². The summed E-state index contributed by atoms with van der Waals surface area (Å²) >= 11 is 3.51. The lowest BCUT2D eigenvalue weighted by molar-refractivity contribution is -0.134. The van der Waals surface area contributed by atoms with Crippen LogP contribution < -0.4 is 9.47 Å². The third-order valence-electron chi connectivity index (χ3n) is 8.93. The van der Waals surface area contributed by atoms with Crippen LogP contribution in [0.1, 0.15) is 48.2 Å². The number of carbonyl (C=O) groups excluding carboxylic acids is 1. The predicted octanol–water partition coefficient (Wildman–Crippen LogP) is 5.51. The van der Waals surface area contributed by atoms with Gasteiger partial charge in [0.15, 0.2) is 11.5 Å². The first kappa shape index (κ1) is 27.3.